The molecule has 1 saturated heterocycles. The molecule has 1 unspecified atom stereocenters. The lowest BCUT2D eigenvalue weighted by atomic mass is 10.1. The molecule has 8 heteroatoms. The molecule has 1 N–H and O–H groups in total. The minimum atomic E-state index is -0.506. The minimum absolute atomic E-state index is 0.0398. The molecule has 3 rings (SSSR count). The zero-order valence-electron chi connectivity index (χ0n) is 15.8. The van der Waals surface area contributed by atoms with E-state index < -0.39 is 11.7 Å². The molecule has 1 aliphatic rings. The van der Waals surface area contributed by atoms with Crippen molar-refractivity contribution in [3.8, 4) is 0 Å². The van der Waals surface area contributed by atoms with Crippen molar-refractivity contribution in [2.45, 2.75) is 20.3 Å². The van der Waals surface area contributed by atoms with Crippen molar-refractivity contribution < 1.29 is 18.7 Å². The van der Waals surface area contributed by atoms with Gasteiger partial charge in [0.25, 0.3) is 11.8 Å². The first-order valence-corrected chi connectivity index (χ1v) is 10.3. The monoisotopic (exact) mass is 424 g/mol. The highest BCUT2D eigenvalue weighted by atomic mass is 35.5. The number of nitrogens with zero attached hydrogens (tertiary/aromatic N) is 1. The maximum Gasteiger partial charge on any atom is 0.264 e. The molecule has 1 atom stereocenters. The summed E-state index contributed by atoms with van der Waals surface area (Å²) in [5.41, 5.74) is 0.982. The zero-order valence-corrected chi connectivity index (χ0v) is 17.3. The third-order valence-electron chi connectivity index (χ3n) is 4.70. The van der Waals surface area contributed by atoms with Crippen LogP contribution < -0.4 is 5.32 Å². The summed E-state index contributed by atoms with van der Waals surface area (Å²) in [6.45, 7) is 6.51. The van der Waals surface area contributed by atoms with E-state index in [0.29, 0.717) is 35.5 Å². The normalized spacial score (nSPS) is 16.2. The zero-order chi connectivity index (χ0) is 20.3. The van der Waals surface area contributed by atoms with Crippen LogP contribution in [0.15, 0.2) is 24.3 Å². The fourth-order valence-corrected chi connectivity index (χ4v) is 4.44. The Hall–Kier alpha value is -1.96. The van der Waals surface area contributed by atoms with Gasteiger partial charge in [-0.2, -0.15) is 0 Å². The largest absolute Gasteiger partial charge is 0.381 e. The van der Waals surface area contributed by atoms with Gasteiger partial charge in [0.2, 0.25) is 0 Å². The average molecular weight is 425 g/mol. The molecule has 1 aliphatic heterocycles. The number of hydrogen-bond donors (Lipinski definition) is 1. The van der Waals surface area contributed by atoms with E-state index in [1.165, 1.54) is 23.5 Å². The Labute approximate surface area is 172 Å². The quantitative estimate of drug-likeness (QED) is 0.737. The summed E-state index contributed by atoms with van der Waals surface area (Å²) in [5.74, 6) is -0.629. The number of thiophene rings is 1. The van der Waals surface area contributed by atoms with Gasteiger partial charge in [-0.25, -0.2) is 4.39 Å². The van der Waals surface area contributed by atoms with Crippen LogP contribution >= 0.6 is 22.9 Å². The number of anilines is 1. The molecule has 0 bridgehead atoms. The molecule has 2 amide bonds. The molecule has 2 heterocycles. The van der Waals surface area contributed by atoms with Crippen LogP contribution in [0, 0.1) is 18.7 Å². The smallest absolute Gasteiger partial charge is 0.264 e. The number of carbonyl (C=O) groups excluding carboxylic acids is 2. The predicted octanol–water partition coefficient (Wildman–Crippen LogP) is 4.60. The molecule has 28 heavy (non-hydrogen) atoms. The average Bonchev–Trinajstić information content (AvgIpc) is 3.28. The fourth-order valence-electron chi connectivity index (χ4n) is 3.15. The topological polar surface area (TPSA) is 58.6 Å². The standard InChI is InChI=1S/C20H22ClFN2O3S/c1-3-24(10-13-6-7-27-11-13)20(26)18-12(2)8-17(28-18)23-19(25)15-5-4-14(22)9-16(15)21/h4-5,8-9,13H,3,6-7,10-11H2,1-2H3,(H,23,25). The Morgan fingerprint density at radius 1 is 1.39 bits per heavy atom. The molecule has 0 saturated carbocycles. The Morgan fingerprint density at radius 3 is 2.82 bits per heavy atom. The van der Waals surface area contributed by atoms with Crippen LogP contribution in [-0.4, -0.2) is 43.0 Å². The van der Waals surface area contributed by atoms with Gasteiger partial charge in [0.05, 0.1) is 27.1 Å². The summed E-state index contributed by atoms with van der Waals surface area (Å²) in [4.78, 5) is 27.8. The number of benzene rings is 1. The van der Waals surface area contributed by atoms with E-state index in [1.54, 1.807) is 6.07 Å². The number of rotatable bonds is 6. The molecule has 0 aliphatic carbocycles. The fraction of sp³-hybridized carbons (Fsp3) is 0.400. The number of ether oxygens (including phenoxy) is 1. The van der Waals surface area contributed by atoms with Gasteiger partial charge in [0, 0.05) is 25.6 Å². The van der Waals surface area contributed by atoms with Crippen molar-refractivity contribution in [1.82, 2.24) is 4.90 Å². The van der Waals surface area contributed by atoms with Crippen molar-refractivity contribution in [2.24, 2.45) is 5.92 Å². The van der Waals surface area contributed by atoms with E-state index in [-0.39, 0.29) is 16.5 Å². The lowest BCUT2D eigenvalue weighted by Gasteiger charge is -2.23. The van der Waals surface area contributed by atoms with Gasteiger partial charge in [-0.05, 0) is 50.1 Å². The molecule has 0 radical (unpaired) electrons. The summed E-state index contributed by atoms with van der Waals surface area (Å²) in [6, 6.07) is 5.38. The first kappa shape index (κ1) is 20.8. The first-order chi connectivity index (χ1) is 13.4. The molecule has 1 aromatic heterocycles. The molecule has 5 nitrogen and oxygen atoms in total. The van der Waals surface area contributed by atoms with Crippen molar-refractivity contribution in [1.29, 1.82) is 0 Å². The summed E-state index contributed by atoms with van der Waals surface area (Å²) in [5, 5.41) is 3.33. The Morgan fingerprint density at radius 2 is 2.18 bits per heavy atom. The summed E-state index contributed by atoms with van der Waals surface area (Å²) < 4.78 is 18.6. The highest BCUT2D eigenvalue weighted by molar-refractivity contribution is 7.18. The maximum atomic E-state index is 13.2. The molecule has 2 aromatic rings. The van der Waals surface area contributed by atoms with Crippen LogP contribution in [0.25, 0.3) is 0 Å². The molecule has 1 fully saturated rings. The third kappa shape index (κ3) is 4.71. The van der Waals surface area contributed by atoms with E-state index in [9.17, 15) is 14.0 Å². The lowest BCUT2D eigenvalue weighted by molar-refractivity contribution is 0.0735. The van der Waals surface area contributed by atoms with Crippen LogP contribution in [0.4, 0.5) is 9.39 Å². The van der Waals surface area contributed by atoms with Crippen LogP contribution in [0.5, 0.6) is 0 Å². The Kier molecular flexibility index (Phi) is 6.69. The predicted molar refractivity (Wildman–Crippen MR) is 109 cm³/mol. The second-order valence-electron chi connectivity index (χ2n) is 6.77. The van der Waals surface area contributed by atoms with Gasteiger partial charge < -0.3 is 15.0 Å². The van der Waals surface area contributed by atoms with Gasteiger partial charge in [0.1, 0.15) is 5.82 Å². The molecule has 0 spiro atoms. The summed E-state index contributed by atoms with van der Waals surface area (Å²) in [6.07, 6.45) is 0.965. The molecular weight excluding hydrogens is 403 g/mol. The van der Waals surface area contributed by atoms with Gasteiger partial charge in [0.15, 0.2) is 0 Å². The van der Waals surface area contributed by atoms with Gasteiger partial charge in [-0.3, -0.25) is 9.59 Å². The number of aryl methyl sites for hydroxylation is 1. The maximum absolute atomic E-state index is 13.2. The Bertz CT molecular complexity index is 880. The first-order valence-electron chi connectivity index (χ1n) is 9.13. The molecular formula is C20H22ClFN2O3S. The number of halogens is 2. The van der Waals surface area contributed by atoms with Gasteiger partial charge in [-0.1, -0.05) is 11.6 Å². The highest BCUT2D eigenvalue weighted by Gasteiger charge is 2.25. The van der Waals surface area contributed by atoms with Crippen LogP contribution in [-0.2, 0) is 4.74 Å². The lowest BCUT2D eigenvalue weighted by Crippen LogP contribution is -2.35. The van der Waals surface area contributed by atoms with Crippen molar-refractivity contribution >= 4 is 39.8 Å². The SMILES string of the molecule is CCN(CC1CCOC1)C(=O)c1sc(NC(=O)c2ccc(F)cc2Cl)cc1C. The van der Waals surface area contributed by atoms with Crippen molar-refractivity contribution in [3.05, 3.63) is 51.1 Å². The number of nitrogens with one attached hydrogen (secondary N) is 1. The van der Waals surface area contributed by atoms with E-state index in [1.807, 2.05) is 18.7 Å². The molecule has 1 aromatic carbocycles. The third-order valence-corrected chi connectivity index (χ3v) is 6.15. The van der Waals surface area contributed by atoms with Crippen molar-refractivity contribution in [2.75, 3.05) is 31.6 Å². The van der Waals surface area contributed by atoms with E-state index in [2.05, 4.69) is 5.32 Å². The number of hydrogen-bond acceptors (Lipinski definition) is 4. The Balaban J connectivity index is 1.72. The van der Waals surface area contributed by atoms with Crippen LogP contribution in [0.3, 0.4) is 0 Å². The van der Waals surface area contributed by atoms with E-state index in [4.69, 9.17) is 16.3 Å². The summed E-state index contributed by atoms with van der Waals surface area (Å²) in [7, 11) is 0. The minimum Gasteiger partial charge on any atom is -0.381 e. The summed E-state index contributed by atoms with van der Waals surface area (Å²) >= 11 is 7.18. The second kappa shape index (κ2) is 9.03. The molecule has 150 valence electrons. The second-order valence-corrected chi connectivity index (χ2v) is 8.23. The van der Waals surface area contributed by atoms with Crippen LogP contribution in [0.1, 0.15) is 38.9 Å². The van der Waals surface area contributed by atoms with Crippen LogP contribution in [0.2, 0.25) is 5.02 Å². The number of carbonyl (C=O) groups is 2. The van der Waals surface area contributed by atoms with E-state index >= 15 is 0 Å². The van der Waals surface area contributed by atoms with E-state index in [0.717, 1.165) is 24.7 Å². The van der Waals surface area contributed by atoms with Gasteiger partial charge in [-0.15, -0.1) is 11.3 Å². The highest BCUT2D eigenvalue weighted by Crippen LogP contribution is 2.29. The number of amides is 2. The van der Waals surface area contributed by atoms with Crippen molar-refractivity contribution in [3.63, 3.8) is 0 Å². The van der Waals surface area contributed by atoms with Gasteiger partial charge >= 0.3 is 0 Å².